The van der Waals surface area contributed by atoms with E-state index < -0.39 is 21.6 Å². The number of benzene rings is 2. The van der Waals surface area contributed by atoms with Gasteiger partial charge in [-0.3, -0.25) is 4.72 Å². The van der Waals surface area contributed by atoms with E-state index in [2.05, 4.69) is 11.3 Å². The van der Waals surface area contributed by atoms with E-state index in [1.54, 1.807) is 45.0 Å². The van der Waals surface area contributed by atoms with Crippen LogP contribution in [-0.4, -0.2) is 26.6 Å². The maximum atomic E-state index is 12.7. The van der Waals surface area contributed by atoms with E-state index in [1.165, 1.54) is 24.3 Å². The number of rotatable bonds is 8. The van der Waals surface area contributed by atoms with Crippen LogP contribution < -0.4 is 9.46 Å². The molecule has 0 radical (unpaired) electrons. The summed E-state index contributed by atoms with van der Waals surface area (Å²) in [5.41, 5.74) is -0.402. The molecule has 0 heterocycles. The number of halogens is 1. The molecule has 0 aliphatic heterocycles. The number of esters is 1. The Hall–Kier alpha value is -2.51. The molecule has 0 unspecified atom stereocenters. The maximum absolute atomic E-state index is 12.7. The summed E-state index contributed by atoms with van der Waals surface area (Å²) in [6.07, 6.45) is 1.44. The fraction of sp³-hybridized carbons (Fsp3) is 0.250. The average molecular weight is 424 g/mol. The Kier molecular flexibility index (Phi) is 6.74. The number of carbonyl (C=O) groups excluding carboxylic acids is 1. The Bertz CT molecular complexity index is 969. The monoisotopic (exact) mass is 423 g/mol. The summed E-state index contributed by atoms with van der Waals surface area (Å²) in [6, 6.07) is 10.7. The third-order valence-corrected chi connectivity index (χ3v) is 5.40. The van der Waals surface area contributed by atoms with Gasteiger partial charge in [-0.15, -0.1) is 0 Å². The number of sulfonamides is 1. The molecule has 28 heavy (non-hydrogen) atoms. The lowest BCUT2D eigenvalue weighted by molar-refractivity contribution is -0.158. The van der Waals surface area contributed by atoms with Crippen molar-refractivity contribution in [2.75, 3.05) is 11.3 Å². The highest BCUT2D eigenvalue weighted by molar-refractivity contribution is 7.92. The lowest BCUT2D eigenvalue weighted by Gasteiger charge is -2.24. The molecule has 2 aromatic rings. The van der Waals surface area contributed by atoms with Crippen molar-refractivity contribution in [2.24, 2.45) is 0 Å². The van der Waals surface area contributed by atoms with Crippen LogP contribution in [0.1, 0.15) is 26.3 Å². The van der Waals surface area contributed by atoms with Gasteiger partial charge in [-0.05, 0) is 62.7 Å². The Labute approximate surface area is 170 Å². The standard InChI is InChI=1S/C20H22ClNO5S/c1-5-14-7-8-15(21)13-18(14)28(24,25)22-16-9-11-17(12-10-16)27-20(3,4)19(23)26-6-2/h5,7-13,22H,1,6H2,2-4H3. The van der Waals surface area contributed by atoms with Crippen LogP contribution in [0.3, 0.4) is 0 Å². The second-order valence-corrected chi connectivity index (χ2v) is 8.44. The van der Waals surface area contributed by atoms with Crippen LogP contribution in [0.25, 0.3) is 6.08 Å². The number of hydrogen-bond acceptors (Lipinski definition) is 5. The molecule has 0 aliphatic rings. The van der Waals surface area contributed by atoms with Gasteiger partial charge < -0.3 is 9.47 Å². The normalized spacial score (nSPS) is 11.6. The van der Waals surface area contributed by atoms with Crippen LogP contribution in [0.5, 0.6) is 5.75 Å². The molecule has 0 atom stereocenters. The molecule has 6 nitrogen and oxygen atoms in total. The van der Waals surface area contributed by atoms with Gasteiger partial charge in [0, 0.05) is 10.7 Å². The van der Waals surface area contributed by atoms with Crippen molar-refractivity contribution < 1.29 is 22.7 Å². The Balaban J connectivity index is 2.19. The first kappa shape index (κ1) is 21.8. The second kappa shape index (κ2) is 8.67. The zero-order valence-electron chi connectivity index (χ0n) is 15.9. The van der Waals surface area contributed by atoms with E-state index in [1.807, 2.05) is 0 Å². The first-order valence-electron chi connectivity index (χ1n) is 8.50. The van der Waals surface area contributed by atoms with Gasteiger partial charge in [0.25, 0.3) is 10.0 Å². The summed E-state index contributed by atoms with van der Waals surface area (Å²) >= 11 is 5.93. The van der Waals surface area contributed by atoms with Crippen LogP contribution in [0, 0.1) is 0 Å². The van der Waals surface area contributed by atoms with E-state index in [-0.39, 0.29) is 11.5 Å². The predicted molar refractivity (Wildman–Crippen MR) is 110 cm³/mol. The third-order valence-electron chi connectivity index (χ3n) is 3.73. The molecule has 150 valence electrons. The minimum atomic E-state index is -3.87. The van der Waals surface area contributed by atoms with Crippen molar-refractivity contribution >= 4 is 39.4 Å². The topological polar surface area (TPSA) is 81.7 Å². The number of carbonyl (C=O) groups is 1. The molecule has 0 saturated heterocycles. The van der Waals surface area contributed by atoms with Gasteiger partial charge in [-0.1, -0.05) is 30.3 Å². The fourth-order valence-electron chi connectivity index (χ4n) is 2.35. The molecular weight excluding hydrogens is 402 g/mol. The van der Waals surface area contributed by atoms with Crippen molar-refractivity contribution in [3.05, 3.63) is 59.6 Å². The van der Waals surface area contributed by atoms with Gasteiger partial charge in [0.05, 0.1) is 11.5 Å². The molecule has 0 saturated carbocycles. The van der Waals surface area contributed by atoms with Crippen molar-refractivity contribution in [1.82, 2.24) is 0 Å². The fourth-order valence-corrected chi connectivity index (χ4v) is 3.89. The molecule has 2 rings (SSSR count). The van der Waals surface area contributed by atoms with Crippen LogP contribution in [0.4, 0.5) is 5.69 Å². The molecular formula is C20H22ClNO5S. The number of ether oxygens (including phenoxy) is 2. The predicted octanol–water partition coefficient (Wildman–Crippen LogP) is 4.50. The quantitative estimate of drug-likeness (QED) is 0.632. The summed E-state index contributed by atoms with van der Waals surface area (Å²) < 4.78 is 38.5. The first-order chi connectivity index (χ1) is 13.1. The number of hydrogen-bond donors (Lipinski definition) is 1. The number of nitrogens with one attached hydrogen (secondary N) is 1. The van der Waals surface area contributed by atoms with Crippen molar-refractivity contribution in [3.63, 3.8) is 0 Å². The van der Waals surface area contributed by atoms with E-state index in [0.29, 0.717) is 22.0 Å². The third kappa shape index (κ3) is 5.27. The minimum absolute atomic E-state index is 0.0266. The molecule has 0 aliphatic carbocycles. The van der Waals surface area contributed by atoms with Gasteiger partial charge in [0.1, 0.15) is 5.75 Å². The first-order valence-corrected chi connectivity index (χ1v) is 10.4. The van der Waals surface area contributed by atoms with Crippen LogP contribution >= 0.6 is 11.6 Å². The van der Waals surface area contributed by atoms with E-state index in [0.717, 1.165) is 0 Å². The highest BCUT2D eigenvalue weighted by atomic mass is 35.5. The summed E-state index contributed by atoms with van der Waals surface area (Å²) in [5.74, 6) is -0.0896. The van der Waals surface area contributed by atoms with Gasteiger partial charge in [0.15, 0.2) is 5.60 Å². The molecule has 2 aromatic carbocycles. The Morgan fingerprint density at radius 2 is 1.86 bits per heavy atom. The Morgan fingerprint density at radius 3 is 2.43 bits per heavy atom. The minimum Gasteiger partial charge on any atom is -0.476 e. The van der Waals surface area contributed by atoms with E-state index in [9.17, 15) is 13.2 Å². The molecule has 8 heteroatoms. The maximum Gasteiger partial charge on any atom is 0.349 e. The van der Waals surface area contributed by atoms with Gasteiger partial charge in [-0.25, -0.2) is 13.2 Å². The SMILES string of the molecule is C=Cc1ccc(Cl)cc1S(=O)(=O)Nc1ccc(OC(C)(C)C(=O)OCC)cc1. The highest BCUT2D eigenvalue weighted by Gasteiger charge is 2.31. The zero-order valence-corrected chi connectivity index (χ0v) is 17.4. The zero-order chi connectivity index (χ0) is 20.9. The van der Waals surface area contributed by atoms with Crippen LogP contribution in [0.2, 0.25) is 5.02 Å². The van der Waals surface area contributed by atoms with Gasteiger partial charge >= 0.3 is 5.97 Å². The van der Waals surface area contributed by atoms with Crippen molar-refractivity contribution in [2.45, 2.75) is 31.3 Å². The molecule has 0 amide bonds. The van der Waals surface area contributed by atoms with Gasteiger partial charge in [-0.2, -0.15) is 0 Å². The van der Waals surface area contributed by atoms with Gasteiger partial charge in [0.2, 0.25) is 0 Å². The summed E-state index contributed by atoms with van der Waals surface area (Å²) in [7, 11) is -3.87. The second-order valence-electron chi connectivity index (χ2n) is 6.35. The molecule has 0 bridgehead atoms. The number of anilines is 1. The largest absolute Gasteiger partial charge is 0.476 e. The molecule has 0 fully saturated rings. The van der Waals surface area contributed by atoms with Crippen molar-refractivity contribution in [3.8, 4) is 5.75 Å². The molecule has 0 aromatic heterocycles. The molecule has 0 spiro atoms. The summed E-state index contributed by atoms with van der Waals surface area (Å²) in [6.45, 7) is 8.78. The van der Waals surface area contributed by atoms with Crippen molar-refractivity contribution in [1.29, 1.82) is 0 Å². The lowest BCUT2D eigenvalue weighted by atomic mass is 10.1. The smallest absolute Gasteiger partial charge is 0.349 e. The summed E-state index contributed by atoms with van der Waals surface area (Å²) in [5, 5.41) is 0.302. The van der Waals surface area contributed by atoms with E-state index >= 15 is 0 Å². The molecule has 1 N–H and O–H groups in total. The Morgan fingerprint density at radius 1 is 1.21 bits per heavy atom. The highest BCUT2D eigenvalue weighted by Crippen LogP contribution is 2.26. The van der Waals surface area contributed by atoms with Crippen LogP contribution in [-0.2, 0) is 19.6 Å². The average Bonchev–Trinajstić information content (AvgIpc) is 2.63. The van der Waals surface area contributed by atoms with Crippen LogP contribution in [0.15, 0.2) is 53.9 Å². The van der Waals surface area contributed by atoms with E-state index in [4.69, 9.17) is 21.1 Å². The lowest BCUT2D eigenvalue weighted by Crippen LogP contribution is -2.39. The summed E-state index contributed by atoms with van der Waals surface area (Å²) in [4.78, 5) is 11.9.